The van der Waals surface area contributed by atoms with Gasteiger partial charge < -0.3 is 25.1 Å². The number of likely N-dealkylation sites (tertiary alicyclic amines) is 1. The topological polar surface area (TPSA) is 89.0 Å². The van der Waals surface area contributed by atoms with Crippen LogP contribution < -0.4 is 5.32 Å². The van der Waals surface area contributed by atoms with E-state index >= 15 is 0 Å². The van der Waals surface area contributed by atoms with Crippen LogP contribution in [0.3, 0.4) is 0 Å². The molecule has 36 heavy (non-hydrogen) atoms. The van der Waals surface area contributed by atoms with E-state index in [0.717, 1.165) is 50.0 Å². The maximum Gasteiger partial charge on any atom is 0.322 e. The zero-order valence-corrected chi connectivity index (χ0v) is 21.1. The number of urea groups is 1. The Morgan fingerprint density at radius 2 is 1.89 bits per heavy atom. The third kappa shape index (κ3) is 5.39. The van der Waals surface area contributed by atoms with E-state index < -0.39 is 6.04 Å². The Hall–Kier alpha value is -2.97. The number of aromatic nitrogens is 1. The maximum atomic E-state index is 13.0. The molecule has 2 aromatic rings. The Morgan fingerprint density at radius 1 is 1.08 bits per heavy atom. The molecule has 0 radical (unpaired) electrons. The molecule has 3 aliphatic rings. The average Bonchev–Trinajstić information content (AvgIpc) is 3.68. The number of carbonyl (C=O) groups is 2. The van der Waals surface area contributed by atoms with E-state index in [4.69, 9.17) is 0 Å². The second-order valence-corrected chi connectivity index (χ2v) is 10.6. The number of unbranched alkanes of at least 4 members (excludes halogenated alkanes) is 1. The van der Waals surface area contributed by atoms with Crippen molar-refractivity contribution in [1.82, 2.24) is 19.7 Å². The van der Waals surface area contributed by atoms with Gasteiger partial charge in [0.05, 0.1) is 6.10 Å². The summed E-state index contributed by atoms with van der Waals surface area (Å²) in [6.07, 6.45) is 8.77. The fourth-order valence-electron chi connectivity index (χ4n) is 5.60. The van der Waals surface area contributed by atoms with E-state index in [1.807, 2.05) is 48.2 Å². The highest BCUT2D eigenvalue weighted by atomic mass is 16.3. The minimum Gasteiger partial charge on any atom is -0.391 e. The van der Waals surface area contributed by atoms with Gasteiger partial charge in [0, 0.05) is 49.8 Å². The summed E-state index contributed by atoms with van der Waals surface area (Å²) in [5.74, 6) is 0.00424. The Balaban J connectivity index is 1.07. The molecule has 2 aliphatic heterocycles. The number of benzene rings is 1. The molecule has 2 N–H and O–H groups in total. The van der Waals surface area contributed by atoms with E-state index in [1.54, 1.807) is 17.3 Å². The molecule has 3 fully saturated rings. The van der Waals surface area contributed by atoms with Crippen LogP contribution in [-0.4, -0.2) is 88.1 Å². The van der Waals surface area contributed by atoms with Gasteiger partial charge in [-0.05, 0) is 81.3 Å². The largest absolute Gasteiger partial charge is 0.391 e. The van der Waals surface area contributed by atoms with Crippen molar-refractivity contribution in [2.75, 3.05) is 44.6 Å². The van der Waals surface area contributed by atoms with Crippen LogP contribution in [0, 0.1) is 5.41 Å². The van der Waals surface area contributed by atoms with Gasteiger partial charge in [0.2, 0.25) is 5.91 Å². The van der Waals surface area contributed by atoms with Gasteiger partial charge in [-0.2, -0.15) is 0 Å². The Morgan fingerprint density at radius 3 is 2.64 bits per heavy atom. The molecule has 0 unspecified atom stereocenters. The summed E-state index contributed by atoms with van der Waals surface area (Å²) in [7, 11) is 0. The number of aliphatic hydroxyl groups is 1. The standard InChI is InChI=1S/C28H37N5O3/c1-21-26(35)32(14-3-2-13-31-15-11-28(9-10-28)25(34)20-31)16-17-33(21)27(36)30-24-8-4-6-22(18-24)23-7-5-12-29-19-23/h4-8,12,18-19,21,25,34H,2-3,9-11,13-17,20H2,1H3,(H,30,36)/t21-,25+/m0/s1. The first-order valence-corrected chi connectivity index (χ1v) is 13.2. The average molecular weight is 492 g/mol. The lowest BCUT2D eigenvalue weighted by molar-refractivity contribution is -0.139. The van der Waals surface area contributed by atoms with E-state index in [9.17, 15) is 14.7 Å². The van der Waals surface area contributed by atoms with Crippen LogP contribution in [0.1, 0.15) is 39.0 Å². The third-order valence-corrected chi connectivity index (χ3v) is 8.23. The lowest BCUT2D eigenvalue weighted by atomic mass is 9.90. The molecule has 1 saturated carbocycles. The van der Waals surface area contributed by atoms with Crippen molar-refractivity contribution in [3.8, 4) is 11.1 Å². The molecule has 0 bridgehead atoms. The van der Waals surface area contributed by atoms with Crippen molar-refractivity contribution < 1.29 is 14.7 Å². The molecule has 1 spiro atoms. The van der Waals surface area contributed by atoms with Crippen LogP contribution in [-0.2, 0) is 4.79 Å². The van der Waals surface area contributed by atoms with E-state index in [0.29, 0.717) is 25.3 Å². The summed E-state index contributed by atoms with van der Waals surface area (Å²) >= 11 is 0. The van der Waals surface area contributed by atoms with Gasteiger partial charge in [0.1, 0.15) is 6.04 Å². The number of hydrogen-bond acceptors (Lipinski definition) is 5. The predicted molar refractivity (Wildman–Crippen MR) is 139 cm³/mol. The van der Waals surface area contributed by atoms with Gasteiger partial charge in [-0.25, -0.2) is 4.79 Å². The number of nitrogens with one attached hydrogen (secondary N) is 1. The number of amides is 3. The number of piperazine rings is 1. The highest BCUT2D eigenvalue weighted by Crippen LogP contribution is 2.53. The molecule has 192 valence electrons. The molecule has 5 rings (SSSR count). The summed E-state index contributed by atoms with van der Waals surface area (Å²) in [5, 5.41) is 13.3. The lowest BCUT2D eigenvalue weighted by Crippen LogP contribution is -2.58. The summed E-state index contributed by atoms with van der Waals surface area (Å²) in [5.41, 5.74) is 2.89. The second kappa shape index (κ2) is 10.6. The highest BCUT2D eigenvalue weighted by Gasteiger charge is 2.51. The molecule has 8 nitrogen and oxygen atoms in total. The molecule has 1 aromatic carbocycles. The van der Waals surface area contributed by atoms with Gasteiger partial charge >= 0.3 is 6.03 Å². The van der Waals surface area contributed by atoms with Crippen LogP contribution in [0.4, 0.5) is 10.5 Å². The lowest BCUT2D eigenvalue weighted by Gasteiger charge is -2.39. The van der Waals surface area contributed by atoms with Gasteiger partial charge in [-0.1, -0.05) is 18.2 Å². The molecule has 2 saturated heterocycles. The van der Waals surface area contributed by atoms with Crippen molar-refractivity contribution in [2.24, 2.45) is 5.41 Å². The summed E-state index contributed by atoms with van der Waals surface area (Å²) in [4.78, 5) is 36.0. The van der Waals surface area contributed by atoms with Crippen molar-refractivity contribution >= 4 is 17.6 Å². The molecular formula is C28H37N5O3. The Bertz CT molecular complexity index is 1070. The monoisotopic (exact) mass is 491 g/mol. The zero-order valence-electron chi connectivity index (χ0n) is 21.1. The smallest absolute Gasteiger partial charge is 0.322 e. The summed E-state index contributed by atoms with van der Waals surface area (Å²) in [6, 6.07) is 10.8. The minimum atomic E-state index is -0.493. The quantitative estimate of drug-likeness (QED) is 0.580. The number of pyridine rings is 1. The van der Waals surface area contributed by atoms with E-state index in [1.165, 1.54) is 12.8 Å². The molecule has 3 heterocycles. The SMILES string of the molecule is C[C@H]1C(=O)N(CCCCN2CCC3(CC3)[C@H](O)C2)CCN1C(=O)Nc1cccc(-c2cccnc2)c1. The number of nitrogens with zero attached hydrogens (tertiary/aromatic N) is 4. The van der Waals surface area contributed by atoms with Crippen molar-refractivity contribution in [1.29, 1.82) is 0 Å². The zero-order chi connectivity index (χ0) is 25.1. The molecule has 8 heteroatoms. The summed E-state index contributed by atoms with van der Waals surface area (Å²) in [6.45, 7) is 6.42. The molecular weight excluding hydrogens is 454 g/mol. The Labute approximate surface area is 213 Å². The van der Waals surface area contributed by atoms with Crippen LogP contribution in [0.15, 0.2) is 48.8 Å². The third-order valence-electron chi connectivity index (χ3n) is 8.23. The minimum absolute atomic E-state index is 0.00424. The first kappa shape index (κ1) is 24.7. The normalized spacial score (nSPS) is 23.7. The van der Waals surface area contributed by atoms with Crippen LogP contribution in [0.2, 0.25) is 0 Å². The first-order chi connectivity index (χ1) is 17.4. The van der Waals surface area contributed by atoms with Crippen molar-refractivity contribution in [3.05, 3.63) is 48.8 Å². The molecule has 2 atom stereocenters. The van der Waals surface area contributed by atoms with Crippen LogP contribution in [0.5, 0.6) is 0 Å². The van der Waals surface area contributed by atoms with Crippen molar-refractivity contribution in [3.63, 3.8) is 0 Å². The highest BCUT2D eigenvalue weighted by molar-refractivity contribution is 5.94. The fourth-order valence-corrected chi connectivity index (χ4v) is 5.60. The number of hydrogen-bond donors (Lipinski definition) is 2. The van der Waals surface area contributed by atoms with Crippen LogP contribution in [0.25, 0.3) is 11.1 Å². The number of β-amino-alcohol motifs (C(OH)–C–C–N with tert-alkyl or cyclic N) is 1. The number of aliphatic hydroxyl groups excluding tert-OH is 1. The Kier molecular flexibility index (Phi) is 7.25. The van der Waals surface area contributed by atoms with Crippen LogP contribution >= 0.6 is 0 Å². The van der Waals surface area contributed by atoms with Gasteiger partial charge in [0.25, 0.3) is 0 Å². The van der Waals surface area contributed by atoms with E-state index in [-0.39, 0.29) is 23.5 Å². The summed E-state index contributed by atoms with van der Waals surface area (Å²) < 4.78 is 0. The number of anilines is 1. The second-order valence-electron chi connectivity index (χ2n) is 10.6. The fraction of sp³-hybridized carbons (Fsp3) is 0.536. The molecule has 3 amide bonds. The number of rotatable bonds is 7. The molecule has 1 aromatic heterocycles. The van der Waals surface area contributed by atoms with Crippen molar-refractivity contribution in [2.45, 2.75) is 51.2 Å². The number of piperidine rings is 1. The van der Waals surface area contributed by atoms with Gasteiger partial charge in [-0.3, -0.25) is 9.78 Å². The maximum absolute atomic E-state index is 13.0. The van der Waals surface area contributed by atoms with Gasteiger partial charge in [0.15, 0.2) is 0 Å². The van der Waals surface area contributed by atoms with Gasteiger partial charge in [-0.15, -0.1) is 0 Å². The predicted octanol–water partition coefficient (Wildman–Crippen LogP) is 3.44. The number of carbonyl (C=O) groups excluding carboxylic acids is 2. The first-order valence-electron chi connectivity index (χ1n) is 13.2. The molecule has 1 aliphatic carbocycles. The van der Waals surface area contributed by atoms with E-state index in [2.05, 4.69) is 15.2 Å².